The lowest BCUT2D eigenvalue weighted by Gasteiger charge is -2.42. The van der Waals surface area contributed by atoms with Crippen LogP contribution in [0.1, 0.15) is 32.1 Å². The number of hydrogen-bond acceptors (Lipinski definition) is 0. The molecule has 54 valence electrons. The molecular weight excluding hydrogens is 119 g/mol. The minimum atomic E-state index is 0.896. The first kappa shape index (κ1) is 6.76. The molecule has 0 N–H and O–H groups in total. The van der Waals surface area contributed by atoms with Crippen LogP contribution < -0.4 is 0 Å². The van der Waals surface area contributed by atoms with Crippen LogP contribution in [0.5, 0.6) is 0 Å². The summed E-state index contributed by atoms with van der Waals surface area (Å²) in [7, 11) is 5.69. The van der Waals surface area contributed by atoms with Crippen LogP contribution >= 0.6 is 0 Å². The van der Waals surface area contributed by atoms with Gasteiger partial charge in [-0.3, -0.25) is 0 Å². The van der Waals surface area contributed by atoms with E-state index in [2.05, 4.69) is 0 Å². The third-order valence-corrected chi connectivity index (χ3v) is 3.50. The molecule has 3 fully saturated rings. The average molecular weight is 134 g/mol. The first-order valence-electron chi connectivity index (χ1n) is 4.60. The van der Waals surface area contributed by atoms with Crippen molar-refractivity contribution >= 4 is 7.85 Å². The normalized spacial score (nSPS) is 45.8. The summed E-state index contributed by atoms with van der Waals surface area (Å²) in [6.07, 6.45) is 8.35. The van der Waals surface area contributed by atoms with Gasteiger partial charge in [0.2, 0.25) is 0 Å². The molecule has 0 nitrogen and oxygen atoms in total. The lowest BCUT2D eigenvalue weighted by molar-refractivity contribution is 0.111. The molecule has 2 bridgehead atoms. The summed E-state index contributed by atoms with van der Waals surface area (Å²) >= 11 is 0. The maximum Gasteiger partial charge on any atom is 0.0656 e. The Morgan fingerprint density at radius 1 is 1.10 bits per heavy atom. The third kappa shape index (κ3) is 1.000. The van der Waals surface area contributed by atoms with Gasteiger partial charge in [0.25, 0.3) is 0 Å². The van der Waals surface area contributed by atoms with Crippen LogP contribution in [0.3, 0.4) is 0 Å². The number of fused-ring (bicyclic) bond motifs is 3. The van der Waals surface area contributed by atoms with Gasteiger partial charge >= 0.3 is 0 Å². The van der Waals surface area contributed by atoms with E-state index < -0.39 is 0 Å². The molecule has 3 rings (SSSR count). The van der Waals surface area contributed by atoms with Crippen LogP contribution in [0.4, 0.5) is 0 Å². The monoisotopic (exact) mass is 134 g/mol. The minimum absolute atomic E-state index is 0.896. The van der Waals surface area contributed by atoms with E-state index in [0.29, 0.717) is 0 Å². The Kier molecular flexibility index (Phi) is 1.75. The van der Waals surface area contributed by atoms with Crippen molar-refractivity contribution in [2.45, 2.75) is 38.4 Å². The van der Waals surface area contributed by atoms with Gasteiger partial charge in [-0.25, -0.2) is 0 Å². The largest absolute Gasteiger partial charge is 0.0856 e. The Morgan fingerprint density at radius 2 is 1.80 bits per heavy atom. The van der Waals surface area contributed by atoms with Gasteiger partial charge in [-0.15, -0.1) is 0 Å². The highest BCUT2D eigenvalue weighted by molar-refractivity contribution is 6.08. The molecule has 0 aromatic carbocycles. The van der Waals surface area contributed by atoms with Crippen molar-refractivity contribution in [2.24, 2.45) is 17.8 Å². The van der Waals surface area contributed by atoms with Gasteiger partial charge in [-0.2, -0.15) is 0 Å². The standard InChI is InChI=1S/C9H15B/c10-6-9-5-7-1-3-8(9)4-2-7/h7-9H,1-6H2. The molecule has 2 radical (unpaired) electrons. The van der Waals surface area contributed by atoms with Crippen molar-refractivity contribution in [1.29, 1.82) is 0 Å². The van der Waals surface area contributed by atoms with Crippen LogP contribution in [0.25, 0.3) is 0 Å². The van der Waals surface area contributed by atoms with Gasteiger partial charge in [-0.05, 0) is 37.0 Å². The Balaban J connectivity index is 2.01. The molecule has 1 heteroatoms. The van der Waals surface area contributed by atoms with Crippen LogP contribution in [-0.2, 0) is 0 Å². The fourth-order valence-electron chi connectivity index (χ4n) is 2.80. The third-order valence-electron chi connectivity index (χ3n) is 3.50. The summed E-state index contributed by atoms with van der Waals surface area (Å²) in [4.78, 5) is 0. The van der Waals surface area contributed by atoms with Gasteiger partial charge in [0.1, 0.15) is 0 Å². The molecule has 0 amide bonds. The summed E-state index contributed by atoms with van der Waals surface area (Å²) in [6, 6.07) is 0. The fourth-order valence-corrected chi connectivity index (χ4v) is 2.80. The van der Waals surface area contributed by atoms with Crippen molar-refractivity contribution in [3.63, 3.8) is 0 Å². The minimum Gasteiger partial charge on any atom is -0.0856 e. The summed E-state index contributed by atoms with van der Waals surface area (Å²) < 4.78 is 0. The fraction of sp³-hybridized carbons (Fsp3) is 1.00. The van der Waals surface area contributed by atoms with E-state index in [1.807, 2.05) is 0 Å². The van der Waals surface area contributed by atoms with Gasteiger partial charge < -0.3 is 0 Å². The second-order valence-electron chi connectivity index (χ2n) is 4.01. The molecule has 10 heavy (non-hydrogen) atoms. The summed E-state index contributed by atoms with van der Waals surface area (Å²) in [5, 5.41) is 0. The molecule has 1 atom stereocenters. The molecule has 3 saturated carbocycles. The average Bonchev–Trinajstić information content (AvgIpc) is 2.06. The van der Waals surface area contributed by atoms with Crippen molar-refractivity contribution in [3.8, 4) is 0 Å². The zero-order valence-corrected chi connectivity index (χ0v) is 6.55. The van der Waals surface area contributed by atoms with Crippen LogP contribution in [0, 0.1) is 17.8 Å². The van der Waals surface area contributed by atoms with E-state index in [0.717, 1.165) is 24.1 Å². The number of hydrogen-bond donors (Lipinski definition) is 0. The van der Waals surface area contributed by atoms with E-state index >= 15 is 0 Å². The van der Waals surface area contributed by atoms with E-state index in [1.165, 1.54) is 32.1 Å². The van der Waals surface area contributed by atoms with E-state index in [1.54, 1.807) is 0 Å². The second-order valence-corrected chi connectivity index (χ2v) is 4.01. The highest BCUT2D eigenvalue weighted by Crippen LogP contribution is 2.45. The van der Waals surface area contributed by atoms with E-state index in [-0.39, 0.29) is 0 Å². The first-order chi connectivity index (χ1) is 4.90. The molecule has 0 saturated heterocycles. The highest BCUT2D eigenvalue weighted by atomic mass is 14.4. The molecule has 0 aromatic rings. The summed E-state index contributed by atoms with van der Waals surface area (Å²) in [5.74, 6) is 2.96. The summed E-state index contributed by atoms with van der Waals surface area (Å²) in [5.41, 5.74) is 0. The zero-order valence-electron chi connectivity index (χ0n) is 6.55. The van der Waals surface area contributed by atoms with E-state index in [4.69, 9.17) is 7.85 Å². The highest BCUT2D eigenvalue weighted by Gasteiger charge is 2.33. The number of rotatable bonds is 1. The van der Waals surface area contributed by atoms with Crippen molar-refractivity contribution in [2.75, 3.05) is 0 Å². The smallest absolute Gasteiger partial charge is 0.0656 e. The van der Waals surface area contributed by atoms with Crippen LogP contribution in [0.2, 0.25) is 6.32 Å². The van der Waals surface area contributed by atoms with Crippen molar-refractivity contribution in [3.05, 3.63) is 0 Å². The molecule has 3 aliphatic rings. The molecule has 0 aromatic heterocycles. The molecular formula is C9H15B. The molecule has 1 unspecified atom stereocenters. The maximum absolute atomic E-state index is 5.69. The Morgan fingerprint density at radius 3 is 2.10 bits per heavy atom. The predicted molar refractivity (Wildman–Crippen MR) is 44.1 cm³/mol. The van der Waals surface area contributed by atoms with Crippen LogP contribution in [0.15, 0.2) is 0 Å². The topological polar surface area (TPSA) is 0 Å². The predicted octanol–water partition coefficient (Wildman–Crippen LogP) is 2.40. The SMILES string of the molecule is [B]CC1CC2CCC1CC2. The van der Waals surface area contributed by atoms with Gasteiger partial charge in [0, 0.05) is 0 Å². The van der Waals surface area contributed by atoms with Crippen LogP contribution in [-0.4, -0.2) is 7.85 Å². The van der Waals surface area contributed by atoms with Crippen molar-refractivity contribution < 1.29 is 0 Å². The summed E-state index contributed by atoms with van der Waals surface area (Å²) in [6.45, 7) is 0. The van der Waals surface area contributed by atoms with Gasteiger partial charge in [0.05, 0.1) is 7.85 Å². The lowest BCUT2D eigenvalue weighted by atomic mass is 9.62. The van der Waals surface area contributed by atoms with E-state index in [9.17, 15) is 0 Å². The molecule has 0 heterocycles. The zero-order chi connectivity index (χ0) is 6.97. The quantitative estimate of drug-likeness (QED) is 0.483. The maximum atomic E-state index is 5.69. The Hall–Kier alpha value is 0.0649. The van der Waals surface area contributed by atoms with Crippen molar-refractivity contribution in [1.82, 2.24) is 0 Å². The van der Waals surface area contributed by atoms with Gasteiger partial charge in [0.15, 0.2) is 0 Å². The van der Waals surface area contributed by atoms with Gasteiger partial charge in [-0.1, -0.05) is 19.2 Å². The lowest BCUT2D eigenvalue weighted by Crippen LogP contribution is -2.30. The molecule has 0 aliphatic heterocycles. The Bertz CT molecular complexity index is 114. The first-order valence-corrected chi connectivity index (χ1v) is 4.60. The molecule has 0 spiro atoms. The Labute approximate surface area is 64.8 Å². The second kappa shape index (κ2) is 2.60. The molecule has 3 aliphatic carbocycles.